The molecule has 6 nitrogen and oxygen atoms in total. The third-order valence-electron chi connectivity index (χ3n) is 3.02. The number of anilines is 1. The number of rotatable bonds is 7. The lowest BCUT2D eigenvalue weighted by atomic mass is 10.3. The number of ether oxygens (including phenoxy) is 1. The summed E-state index contributed by atoms with van der Waals surface area (Å²) in [7, 11) is 3.48. The average molecular weight is 307 g/mol. The number of hydrogen-bond donors (Lipinski definition) is 0. The summed E-state index contributed by atoms with van der Waals surface area (Å²) in [5, 5.41) is 5.89. The minimum absolute atomic E-state index is 0.0403. The van der Waals surface area contributed by atoms with Gasteiger partial charge in [0.15, 0.2) is 5.78 Å². The van der Waals surface area contributed by atoms with Crippen LogP contribution in [0.25, 0.3) is 0 Å². The van der Waals surface area contributed by atoms with Crippen LogP contribution in [0.3, 0.4) is 0 Å². The number of likely N-dealkylation sites (N-methyl/N-ethyl adjacent to an activating group) is 1. The van der Waals surface area contributed by atoms with Crippen molar-refractivity contribution in [3.8, 4) is 0 Å². The van der Waals surface area contributed by atoms with Gasteiger partial charge in [0.2, 0.25) is 0 Å². The summed E-state index contributed by atoms with van der Waals surface area (Å²) in [4.78, 5) is 26.5. The summed E-state index contributed by atoms with van der Waals surface area (Å²) in [6.07, 6.45) is 1.58. The highest BCUT2D eigenvalue weighted by Crippen LogP contribution is 2.10. The second-order valence-electron chi connectivity index (χ2n) is 4.52. The Hall–Kier alpha value is -1.99. The van der Waals surface area contributed by atoms with Crippen LogP contribution in [-0.4, -0.2) is 42.9 Å². The smallest absolute Gasteiger partial charge is 0.269 e. The van der Waals surface area contributed by atoms with Crippen molar-refractivity contribution in [1.82, 2.24) is 9.78 Å². The van der Waals surface area contributed by atoms with Gasteiger partial charge in [0, 0.05) is 26.8 Å². The first-order valence-electron chi connectivity index (χ1n) is 6.46. The lowest BCUT2D eigenvalue weighted by molar-refractivity contribution is 0.0969. The molecule has 0 radical (unpaired) electrons. The van der Waals surface area contributed by atoms with Crippen molar-refractivity contribution in [2.75, 3.05) is 32.2 Å². The maximum absolute atomic E-state index is 12.0. The molecule has 0 amide bonds. The van der Waals surface area contributed by atoms with Gasteiger partial charge in [-0.2, -0.15) is 5.10 Å². The van der Waals surface area contributed by atoms with E-state index >= 15 is 0 Å². The predicted octanol–water partition coefficient (Wildman–Crippen LogP) is 1.27. The number of Topliss-reactive ketones (excluding diaryl/α,β-unsaturated/α-hetero) is 1. The molecule has 0 aliphatic rings. The van der Waals surface area contributed by atoms with E-state index in [1.54, 1.807) is 19.4 Å². The van der Waals surface area contributed by atoms with Crippen molar-refractivity contribution in [2.24, 2.45) is 0 Å². The van der Waals surface area contributed by atoms with Crippen LogP contribution in [0.4, 0.5) is 5.69 Å². The van der Waals surface area contributed by atoms with Gasteiger partial charge in [0.25, 0.3) is 5.56 Å². The number of aromatic nitrogens is 2. The minimum Gasteiger partial charge on any atom is -0.383 e. The van der Waals surface area contributed by atoms with Gasteiger partial charge in [0.05, 0.1) is 23.4 Å². The fraction of sp³-hybridized carbons (Fsp3) is 0.357. The molecule has 2 aromatic rings. The normalized spacial score (nSPS) is 10.6. The van der Waals surface area contributed by atoms with E-state index in [9.17, 15) is 9.59 Å². The third-order valence-corrected chi connectivity index (χ3v) is 3.93. The van der Waals surface area contributed by atoms with E-state index in [1.165, 1.54) is 22.1 Å². The zero-order valence-corrected chi connectivity index (χ0v) is 12.8. The molecule has 0 saturated carbocycles. The van der Waals surface area contributed by atoms with Crippen LogP contribution < -0.4 is 10.5 Å². The molecule has 0 fully saturated rings. The monoisotopic (exact) mass is 307 g/mol. The van der Waals surface area contributed by atoms with E-state index in [0.717, 1.165) is 0 Å². The lowest BCUT2D eigenvalue weighted by Crippen LogP contribution is -2.29. The lowest BCUT2D eigenvalue weighted by Gasteiger charge is -2.18. The van der Waals surface area contributed by atoms with Crippen LogP contribution >= 0.6 is 11.3 Å². The van der Waals surface area contributed by atoms with Gasteiger partial charge in [-0.15, -0.1) is 11.3 Å². The quantitative estimate of drug-likeness (QED) is 0.721. The Morgan fingerprint density at radius 2 is 2.33 bits per heavy atom. The van der Waals surface area contributed by atoms with Crippen LogP contribution in [-0.2, 0) is 11.3 Å². The van der Waals surface area contributed by atoms with Gasteiger partial charge in [-0.05, 0) is 11.4 Å². The SMILES string of the molecule is COCCN(C)c1cnn(CC(=O)c2cccs2)c(=O)c1. The highest BCUT2D eigenvalue weighted by atomic mass is 32.1. The Morgan fingerprint density at radius 3 is 2.95 bits per heavy atom. The number of carbonyl (C=O) groups is 1. The van der Waals surface area contributed by atoms with E-state index in [2.05, 4.69) is 5.10 Å². The summed E-state index contributed by atoms with van der Waals surface area (Å²) >= 11 is 1.36. The summed E-state index contributed by atoms with van der Waals surface area (Å²) in [6.45, 7) is 1.19. The molecule has 0 atom stereocenters. The first kappa shape index (κ1) is 15.4. The van der Waals surface area contributed by atoms with Crippen molar-refractivity contribution in [3.05, 3.63) is 45.0 Å². The number of thiophene rings is 1. The first-order chi connectivity index (χ1) is 10.1. The molecule has 2 aromatic heterocycles. The Balaban J connectivity index is 2.09. The van der Waals surface area contributed by atoms with Gasteiger partial charge in [0.1, 0.15) is 6.54 Å². The van der Waals surface area contributed by atoms with E-state index in [0.29, 0.717) is 23.7 Å². The molecular formula is C14H17N3O3S. The van der Waals surface area contributed by atoms with Gasteiger partial charge in [-0.3, -0.25) is 9.59 Å². The molecule has 0 aromatic carbocycles. The zero-order valence-electron chi connectivity index (χ0n) is 12.0. The van der Waals surface area contributed by atoms with Crippen molar-refractivity contribution in [3.63, 3.8) is 0 Å². The van der Waals surface area contributed by atoms with Gasteiger partial charge in [-0.1, -0.05) is 6.07 Å². The molecule has 0 aliphatic carbocycles. The third kappa shape index (κ3) is 3.99. The molecule has 0 aliphatic heterocycles. The van der Waals surface area contributed by atoms with Crippen LogP contribution in [0.1, 0.15) is 9.67 Å². The Morgan fingerprint density at radius 1 is 1.52 bits per heavy atom. The van der Waals surface area contributed by atoms with E-state index in [-0.39, 0.29) is 17.9 Å². The molecule has 0 bridgehead atoms. The summed E-state index contributed by atoms with van der Waals surface area (Å²) in [6, 6.07) is 5.03. The van der Waals surface area contributed by atoms with Crippen molar-refractivity contribution in [1.29, 1.82) is 0 Å². The molecule has 2 heterocycles. The van der Waals surface area contributed by atoms with Crippen LogP contribution in [0, 0.1) is 0 Å². The molecule has 0 saturated heterocycles. The van der Waals surface area contributed by atoms with Crippen LogP contribution in [0.15, 0.2) is 34.6 Å². The molecule has 0 unspecified atom stereocenters. The highest BCUT2D eigenvalue weighted by molar-refractivity contribution is 7.12. The Labute approximate surface area is 126 Å². The first-order valence-corrected chi connectivity index (χ1v) is 7.33. The van der Waals surface area contributed by atoms with E-state index in [1.807, 2.05) is 23.4 Å². The predicted molar refractivity (Wildman–Crippen MR) is 82.3 cm³/mol. The number of nitrogens with zero attached hydrogens (tertiary/aromatic N) is 3. The largest absolute Gasteiger partial charge is 0.383 e. The number of hydrogen-bond acceptors (Lipinski definition) is 6. The van der Waals surface area contributed by atoms with E-state index in [4.69, 9.17) is 4.74 Å². The number of ketones is 1. The molecule has 0 spiro atoms. The molecule has 2 rings (SSSR count). The Bertz CT molecular complexity index is 652. The van der Waals surface area contributed by atoms with Crippen LogP contribution in [0.5, 0.6) is 0 Å². The van der Waals surface area contributed by atoms with Crippen molar-refractivity contribution >= 4 is 22.8 Å². The van der Waals surface area contributed by atoms with Gasteiger partial charge in [-0.25, -0.2) is 4.68 Å². The maximum Gasteiger partial charge on any atom is 0.269 e. The number of methoxy groups -OCH3 is 1. The van der Waals surface area contributed by atoms with E-state index < -0.39 is 0 Å². The highest BCUT2D eigenvalue weighted by Gasteiger charge is 2.11. The molecule has 0 N–H and O–H groups in total. The fourth-order valence-corrected chi connectivity index (χ4v) is 2.42. The fourth-order valence-electron chi connectivity index (χ4n) is 1.76. The Kier molecular flexibility index (Phi) is 5.24. The summed E-state index contributed by atoms with van der Waals surface area (Å²) in [5.41, 5.74) is 0.415. The molecule has 21 heavy (non-hydrogen) atoms. The second-order valence-corrected chi connectivity index (χ2v) is 5.47. The maximum atomic E-state index is 12.0. The minimum atomic E-state index is -0.290. The van der Waals surface area contributed by atoms with Crippen molar-refractivity contribution in [2.45, 2.75) is 6.54 Å². The molecule has 7 heteroatoms. The van der Waals surface area contributed by atoms with Gasteiger partial charge >= 0.3 is 0 Å². The summed E-state index contributed by atoms with van der Waals surface area (Å²) < 4.78 is 6.17. The van der Waals surface area contributed by atoms with Gasteiger partial charge < -0.3 is 9.64 Å². The topological polar surface area (TPSA) is 64.4 Å². The molecular weight excluding hydrogens is 290 g/mol. The van der Waals surface area contributed by atoms with Crippen molar-refractivity contribution < 1.29 is 9.53 Å². The zero-order chi connectivity index (χ0) is 15.2. The summed E-state index contributed by atoms with van der Waals surface area (Å²) in [5.74, 6) is -0.111. The molecule has 112 valence electrons. The van der Waals surface area contributed by atoms with Crippen LogP contribution in [0.2, 0.25) is 0 Å². The second kappa shape index (κ2) is 7.14. The average Bonchev–Trinajstić information content (AvgIpc) is 3.01. The standard InChI is InChI=1S/C14H17N3O3S/c1-16(5-6-20-2)11-8-14(19)17(15-9-11)10-12(18)13-4-3-7-21-13/h3-4,7-9H,5-6,10H2,1-2H3. The number of carbonyl (C=O) groups excluding carboxylic acids is 1.